The monoisotopic (exact) mass is 352 g/mol. The minimum absolute atomic E-state index is 0.119. The van der Waals surface area contributed by atoms with Crippen molar-refractivity contribution in [2.45, 2.75) is 0 Å². The second-order valence-corrected chi connectivity index (χ2v) is 5.10. The SMILES string of the molecule is N=C(OC(=N)c1ccco1)c1ccnc(NC(=O)c2ccccc2F)c1. The molecule has 0 aliphatic heterocycles. The summed E-state index contributed by atoms with van der Waals surface area (Å²) >= 11 is 0. The van der Waals surface area contributed by atoms with Crippen molar-refractivity contribution in [1.82, 2.24) is 4.98 Å². The number of pyridine rings is 1. The van der Waals surface area contributed by atoms with Gasteiger partial charge in [0.05, 0.1) is 11.8 Å². The van der Waals surface area contributed by atoms with E-state index in [0.29, 0.717) is 0 Å². The fraction of sp³-hybridized carbons (Fsp3) is 0. The molecular weight excluding hydrogens is 339 g/mol. The van der Waals surface area contributed by atoms with Gasteiger partial charge in [0.15, 0.2) is 5.76 Å². The molecule has 0 saturated carbocycles. The Morgan fingerprint density at radius 3 is 2.65 bits per heavy atom. The van der Waals surface area contributed by atoms with Crippen LogP contribution in [0.3, 0.4) is 0 Å². The number of nitrogens with one attached hydrogen (secondary N) is 3. The fourth-order valence-corrected chi connectivity index (χ4v) is 2.09. The number of anilines is 1. The number of halogens is 1. The van der Waals surface area contributed by atoms with E-state index < -0.39 is 11.7 Å². The van der Waals surface area contributed by atoms with Gasteiger partial charge in [-0.2, -0.15) is 0 Å². The molecule has 0 unspecified atom stereocenters. The highest BCUT2D eigenvalue weighted by molar-refractivity contribution is 6.06. The van der Waals surface area contributed by atoms with Gasteiger partial charge in [-0.15, -0.1) is 0 Å². The zero-order valence-corrected chi connectivity index (χ0v) is 13.3. The maximum atomic E-state index is 13.7. The molecule has 0 aliphatic rings. The van der Waals surface area contributed by atoms with Crippen LogP contribution in [0.4, 0.5) is 10.2 Å². The number of carbonyl (C=O) groups excluding carboxylic acids is 1. The number of aromatic nitrogens is 1. The highest BCUT2D eigenvalue weighted by atomic mass is 19.1. The van der Waals surface area contributed by atoms with E-state index in [1.807, 2.05) is 0 Å². The zero-order valence-electron chi connectivity index (χ0n) is 13.3. The number of rotatable bonds is 4. The number of amides is 1. The van der Waals surface area contributed by atoms with E-state index in [-0.39, 0.29) is 34.5 Å². The average Bonchev–Trinajstić information content (AvgIpc) is 3.17. The molecule has 0 atom stereocenters. The minimum Gasteiger partial charge on any atom is -0.459 e. The van der Waals surface area contributed by atoms with Gasteiger partial charge in [0.25, 0.3) is 11.8 Å². The largest absolute Gasteiger partial charge is 0.459 e. The van der Waals surface area contributed by atoms with E-state index in [1.165, 1.54) is 48.9 Å². The molecule has 0 bridgehead atoms. The third-order valence-corrected chi connectivity index (χ3v) is 3.33. The van der Waals surface area contributed by atoms with Crippen LogP contribution in [0.5, 0.6) is 0 Å². The Morgan fingerprint density at radius 2 is 1.92 bits per heavy atom. The summed E-state index contributed by atoms with van der Waals surface area (Å²) in [6.07, 6.45) is 2.75. The number of hydrogen-bond acceptors (Lipinski definition) is 6. The van der Waals surface area contributed by atoms with Crippen molar-refractivity contribution < 1.29 is 18.3 Å². The Morgan fingerprint density at radius 1 is 1.12 bits per heavy atom. The highest BCUT2D eigenvalue weighted by Crippen LogP contribution is 2.13. The van der Waals surface area contributed by atoms with E-state index in [4.69, 9.17) is 20.0 Å². The first-order valence-electron chi connectivity index (χ1n) is 7.46. The van der Waals surface area contributed by atoms with E-state index in [0.717, 1.165) is 0 Å². The van der Waals surface area contributed by atoms with E-state index in [2.05, 4.69) is 10.3 Å². The summed E-state index contributed by atoms with van der Waals surface area (Å²) in [7, 11) is 0. The van der Waals surface area contributed by atoms with Crippen molar-refractivity contribution in [2.75, 3.05) is 5.32 Å². The average molecular weight is 352 g/mol. The van der Waals surface area contributed by atoms with Gasteiger partial charge < -0.3 is 14.5 Å². The molecule has 3 aromatic rings. The van der Waals surface area contributed by atoms with Crippen LogP contribution < -0.4 is 5.32 Å². The quantitative estimate of drug-likeness (QED) is 0.493. The Hall–Kier alpha value is -3.81. The summed E-state index contributed by atoms with van der Waals surface area (Å²) in [5.41, 5.74) is 0.158. The second-order valence-electron chi connectivity index (χ2n) is 5.10. The van der Waals surface area contributed by atoms with Gasteiger partial charge >= 0.3 is 0 Å². The Balaban J connectivity index is 1.72. The summed E-state index contributed by atoms with van der Waals surface area (Å²) in [6, 6.07) is 11.6. The summed E-state index contributed by atoms with van der Waals surface area (Å²) < 4.78 is 23.8. The van der Waals surface area contributed by atoms with Crippen LogP contribution in [-0.2, 0) is 4.74 Å². The van der Waals surface area contributed by atoms with Crippen LogP contribution in [0.25, 0.3) is 0 Å². The van der Waals surface area contributed by atoms with E-state index in [1.54, 1.807) is 12.1 Å². The Bertz CT molecular complexity index is 970. The van der Waals surface area contributed by atoms with Gasteiger partial charge in [-0.1, -0.05) is 12.1 Å². The normalized spacial score (nSPS) is 10.2. The maximum absolute atomic E-state index is 13.7. The molecule has 3 N–H and O–H groups in total. The minimum atomic E-state index is -0.663. The lowest BCUT2D eigenvalue weighted by atomic mass is 10.2. The highest BCUT2D eigenvalue weighted by Gasteiger charge is 2.14. The van der Waals surface area contributed by atoms with Gasteiger partial charge in [0.1, 0.15) is 11.6 Å². The van der Waals surface area contributed by atoms with Crippen LogP contribution in [0.15, 0.2) is 65.4 Å². The number of furan rings is 1. The maximum Gasteiger partial charge on any atom is 0.259 e. The summed E-state index contributed by atoms with van der Waals surface area (Å²) in [5.74, 6) is -1.66. The van der Waals surface area contributed by atoms with Crippen molar-refractivity contribution in [3.63, 3.8) is 0 Å². The standard InChI is InChI=1S/C18H13FN4O3/c19-13-5-2-1-4-12(13)18(24)23-15-10-11(7-8-22-15)16(20)26-17(21)14-6-3-9-25-14/h1-10,20-21H,(H,22,23,24). The summed E-state index contributed by atoms with van der Waals surface area (Å²) in [5, 5.41) is 18.1. The number of hydrogen-bond donors (Lipinski definition) is 3. The van der Waals surface area contributed by atoms with Crippen LogP contribution in [0.1, 0.15) is 21.7 Å². The predicted molar refractivity (Wildman–Crippen MR) is 92.0 cm³/mol. The number of carbonyl (C=O) groups is 1. The summed E-state index contributed by atoms with van der Waals surface area (Å²) in [4.78, 5) is 16.1. The Kier molecular flexibility index (Phi) is 4.84. The first-order valence-corrected chi connectivity index (χ1v) is 7.46. The smallest absolute Gasteiger partial charge is 0.259 e. The third kappa shape index (κ3) is 3.81. The van der Waals surface area contributed by atoms with Crippen molar-refractivity contribution in [2.24, 2.45) is 0 Å². The lowest BCUT2D eigenvalue weighted by Crippen LogP contribution is -2.16. The van der Waals surface area contributed by atoms with Gasteiger partial charge in [-0.3, -0.25) is 15.6 Å². The van der Waals surface area contributed by atoms with E-state index in [9.17, 15) is 9.18 Å². The van der Waals surface area contributed by atoms with Crippen LogP contribution >= 0.6 is 0 Å². The molecule has 2 aromatic heterocycles. The van der Waals surface area contributed by atoms with Crippen molar-refractivity contribution in [3.05, 3.63) is 83.7 Å². The molecule has 3 rings (SSSR count). The van der Waals surface area contributed by atoms with Gasteiger partial charge in [-0.25, -0.2) is 9.37 Å². The number of nitrogens with zero attached hydrogens (tertiary/aromatic N) is 1. The first-order chi connectivity index (χ1) is 12.5. The molecule has 0 aliphatic carbocycles. The van der Waals surface area contributed by atoms with E-state index >= 15 is 0 Å². The molecule has 0 spiro atoms. The zero-order chi connectivity index (χ0) is 18.5. The Labute approximate surface area is 147 Å². The van der Waals surface area contributed by atoms with Crippen molar-refractivity contribution in [1.29, 1.82) is 10.8 Å². The molecule has 1 amide bonds. The molecule has 26 heavy (non-hydrogen) atoms. The lowest BCUT2D eigenvalue weighted by molar-refractivity contribution is 0.102. The molecular formula is C18H13FN4O3. The van der Waals surface area contributed by atoms with Crippen LogP contribution in [-0.4, -0.2) is 22.7 Å². The number of ether oxygens (including phenoxy) is 1. The van der Waals surface area contributed by atoms with Gasteiger partial charge in [-0.05, 0) is 36.4 Å². The molecule has 130 valence electrons. The van der Waals surface area contributed by atoms with Crippen LogP contribution in [0.2, 0.25) is 0 Å². The molecule has 7 nitrogen and oxygen atoms in total. The first kappa shape index (κ1) is 17.0. The molecule has 0 saturated heterocycles. The van der Waals surface area contributed by atoms with Crippen molar-refractivity contribution >= 4 is 23.5 Å². The molecule has 8 heteroatoms. The molecule has 0 radical (unpaired) electrons. The molecule has 1 aromatic carbocycles. The summed E-state index contributed by atoms with van der Waals surface area (Å²) in [6.45, 7) is 0. The van der Waals surface area contributed by atoms with Crippen molar-refractivity contribution in [3.8, 4) is 0 Å². The third-order valence-electron chi connectivity index (χ3n) is 3.33. The fourth-order valence-electron chi connectivity index (χ4n) is 2.09. The predicted octanol–water partition coefficient (Wildman–Crippen LogP) is 3.43. The van der Waals surface area contributed by atoms with Gasteiger partial charge in [0, 0.05) is 11.8 Å². The lowest BCUT2D eigenvalue weighted by Gasteiger charge is -2.09. The number of benzene rings is 1. The topological polar surface area (TPSA) is 112 Å². The van der Waals surface area contributed by atoms with Gasteiger partial charge in [0.2, 0.25) is 5.90 Å². The van der Waals surface area contributed by atoms with Crippen LogP contribution in [0, 0.1) is 16.6 Å². The molecule has 2 heterocycles. The molecule has 0 fully saturated rings. The second kappa shape index (κ2) is 7.39.